The molecule has 1 aromatic heterocycles. The van der Waals surface area contributed by atoms with Crippen molar-refractivity contribution in [3.63, 3.8) is 0 Å². The van der Waals surface area contributed by atoms with E-state index in [1.54, 1.807) is 0 Å². The highest BCUT2D eigenvalue weighted by Crippen LogP contribution is 2.26. The van der Waals surface area contributed by atoms with E-state index in [9.17, 15) is 0 Å². The number of nitrogens with one attached hydrogen (secondary N) is 1. The molecule has 0 saturated carbocycles. The number of anilines is 1. The van der Waals surface area contributed by atoms with Crippen molar-refractivity contribution < 1.29 is 0 Å². The number of aromatic nitrogens is 2. The Morgan fingerprint density at radius 2 is 1.63 bits per heavy atom. The number of hydrogen-bond donors (Lipinski definition) is 1. The predicted octanol–water partition coefficient (Wildman–Crippen LogP) is 3.75. The molecule has 1 N–H and O–H groups in total. The van der Waals surface area contributed by atoms with Gasteiger partial charge >= 0.3 is 0 Å². The molecule has 0 spiro atoms. The van der Waals surface area contributed by atoms with Crippen LogP contribution in [0.4, 0.5) is 5.82 Å². The van der Waals surface area contributed by atoms with Crippen LogP contribution in [0.3, 0.4) is 0 Å². The van der Waals surface area contributed by atoms with E-state index in [0.717, 1.165) is 30.0 Å². The van der Waals surface area contributed by atoms with Gasteiger partial charge in [-0.3, -0.25) is 0 Å². The lowest BCUT2D eigenvalue weighted by Crippen LogP contribution is -2.06. The van der Waals surface area contributed by atoms with Gasteiger partial charge < -0.3 is 5.32 Å². The molecule has 100 valence electrons. The monoisotopic (exact) mass is 255 g/mol. The Balaban J connectivity index is 2.41. The van der Waals surface area contributed by atoms with Gasteiger partial charge in [-0.05, 0) is 43.9 Å². The highest BCUT2D eigenvalue weighted by Gasteiger charge is 2.10. The molecule has 3 nitrogen and oxygen atoms in total. The second-order valence-corrected chi connectivity index (χ2v) is 4.73. The Morgan fingerprint density at radius 3 is 2.21 bits per heavy atom. The molecule has 2 rings (SSSR count). The average Bonchev–Trinajstić information content (AvgIpc) is 2.45. The SMILES string of the molecule is CCNc1nnc(-c2ccc(CC)cc2)c(C)c1C. The zero-order valence-corrected chi connectivity index (χ0v) is 12.1. The fourth-order valence-corrected chi connectivity index (χ4v) is 2.11. The maximum absolute atomic E-state index is 4.37. The van der Waals surface area contributed by atoms with Gasteiger partial charge in [0.1, 0.15) is 0 Å². The average molecular weight is 255 g/mol. The molecule has 2 aromatic rings. The van der Waals surface area contributed by atoms with E-state index in [4.69, 9.17) is 0 Å². The van der Waals surface area contributed by atoms with Gasteiger partial charge in [0.05, 0.1) is 5.69 Å². The molecule has 0 fully saturated rings. The van der Waals surface area contributed by atoms with Crippen LogP contribution in [0.5, 0.6) is 0 Å². The standard InChI is InChI=1S/C16H21N3/c1-5-13-7-9-14(10-8-13)15-11(3)12(4)16(17-6-2)19-18-15/h7-10H,5-6H2,1-4H3,(H,17,19). The van der Waals surface area contributed by atoms with Crippen LogP contribution >= 0.6 is 0 Å². The van der Waals surface area contributed by atoms with Crippen molar-refractivity contribution in [2.45, 2.75) is 34.1 Å². The Bertz CT molecular complexity index is 559. The van der Waals surface area contributed by atoms with Crippen LogP contribution in [0.15, 0.2) is 24.3 Å². The zero-order valence-electron chi connectivity index (χ0n) is 12.1. The van der Waals surface area contributed by atoms with Crippen LogP contribution < -0.4 is 5.32 Å². The largest absolute Gasteiger partial charge is 0.369 e. The third-order valence-electron chi connectivity index (χ3n) is 3.50. The molecule has 0 radical (unpaired) electrons. The molecule has 0 aliphatic heterocycles. The summed E-state index contributed by atoms with van der Waals surface area (Å²) < 4.78 is 0. The summed E-state index contributed by atoms with van der Waals surface area (Å²) in [6.45, 7) is 9.28. The minimum absolute atomic E-state index is 0.861. The lowest BCUT2D eigenvalue weighted by atomic mass is 10.0. The third-order valence-corrected chi connectivity index (χ3v) is 3.50. The maximum atomic E-state index is 4.37. The van der Waals surface area contributed by atoms with Gasteiger partial charge in [0, 0.05) is 12.1 Å². The molecule has 0 unspecified atom stereocenters. The topological polar surface area (TPSA) is 37.8 Å². The predicted molar refractivity (Wildman–Crippen MR) is 80.5 cm³/mol. The van der Waals surface area contributed by atoms with E-state index in [1.807, 2.05) is 0 Å². The van der Waals surface area contributed by atoms with Crippen molar-refractivity contribution in [2.75, 3.05) is 11.9 Å². The minimum atomic E-state index is 0.861. The molecule has 0 saturated heterocycles. The smallest absolute Gasteiger partial charge is 0.151 e. The Hall–Kier alpha value is -1.90. The molecule has 0 atom stereocenters. The molecule has 0 aliphatic rings. The van der Waals surface area contributed by atoms with Gasteiger partial charge in [0.2, 0.25) is 0 Å². The number of rotatable bonds is 4. The first-order valence-electron chi connectivity index (χ1n) is 6.84. The molecule has 0 amide bonds. The van der Waals surface area contributed by atoms with Gasteiger partial charge in [-0.2, -0.15) is 0 Å². The molecule has 19 heavy (non-hydrogen) atoms. The van der Waals surface area contributed by atoms with Crippen molar-refractivity contribution in [3.05, 3.63) is 41.0 Å². The highest BCUT2D eigenvalue weighted by molar-refractivity contribution is 5.66. The van der Waals surface area contributed by atoms with Gasteiger partial charge in [-0.1, -0.05) is 31.2 Å². The first kappa shape index (κ1) is 13.5. The van der Waals surface area contributed by atoms with Crippen molar-refractivity contribution in [2.24, 2.45) is 0 Å². The highest BCUT2D eigenvalue weighted by atomic mass is 15.2. The number of nitrogens with zero attached hydrogens (tertiary/aromatic N) is 2. The minimum Gasteiger partial charge on any atom is -0.369 e. The van der Waals surface area contributed by atoms with Crippen LogP contribution in [0.2, 0.25) is 0 Å². The van der Waals surface area contributed by atoms with Crippen LogP contribution in [0, 0.1) is 13.8 Å². The van der Waals surface area contributed by atoms with E-state index in [0.29, 0.717) is 0 Å². The second-order valence-electron chi connectivity index (χ2n) is 4.73. The normalized spacial score (nSPS) is 10.5. The zero-order chi connectivity index (χ0) is 13.8. The first-order chi connectivity index (χ1) is 9.17. The van der Waals surface area contributed by atoms with Crippen LogP contribution in [0.25, 0.3) is 11.3 Å². The quantitative estimate of drug-likeness (QED) is 0.904. The fraction of sp³-hybridized carbons (Fsp3) is 0.375. The molecule has 1 aromatic carbocycles. The summed E-state index contributed by atoms with van der Waals surface area (Å²) in [7, 11) is 0. The molecular weight excluding hydrogens is 234 g/mol. The molecule has 0 aliphatic carbocycles. The Labute approximate surface area is 115 Å². The summed E-state index contributed by atoms with van der Waals surface area (Å²) in [6.07, 6.45) is 1.06. The van der Waals surface area contributed by atoms with Gasteiger partial charge in [-0.25, -0.2) is 0 Å². The molecule has 1 heterocycles. The van der Waals surface area contributed by atoms with Crippen LogP contribution in [-0.4, -0.2) is 16.7 Å². The summed E-state index contributed by atoms with van der Waals surface area (Å²) in [5.41, 5.74) is 5.81. The van der Waals surface area contributed by atoms with Crippen molar-refractivity contribution in [1.29, 1.82) is 0 Å². The third kappa shape index (κ3) is 2.75. The molecular formula is C16H21N3. The summed E-state index contributed by atoms with van der Waals surface area (Å²) in [5.74, 6) is 0.883. The van der Waals surface area contributed by atoms with Crippen molar-refractivity contribution >= 4 is 5.82 Å². The summed E-state index contributed by atoms with van der Waals surface area (Å²) in [6, 6.07) is 8.57. The lowest BCUT2D eigenvalue weighted by molar-refractivity contribution is 0.986. The maximum Gasteiger partial charge on any atom is 0.151 e. The first-order valence-corrected chi connectivity index (χ1v) is 6.84. The van der Waals surface area contributed by atoms with E-state index >= 15 is 0 Å². The van der Waals surface area contributed by atoms with Crippen LogP contribution in [0.1, 0.15) is 30.5 Å². The summed E-state index contributed by atoms with van der Waals surface area (Å²) >= 11 is 0. The summed E-state index contributed by atoms with van der Waals surface area (Å²) in [5, 5.41) is 11.9. The van der Waals surface area contributed by atoms with Gasteiger partial charge in [0.25, 0.3) is 0 Å². The Kier molecular flexibility index (Phi) is 4.15. The van der Waals surface area contributed by atoms with Crippen molar-refractivity contribution in [1.82, 2.24) is 10.2 Å². The van der Waals surface area contributed by atoms with Gasteiger partial charge in [-0.15, -0.1) is 10.2 Å². The number of hydrogen-bond acceptors (Lipinski definition) is 3. The van der Waals surface area contributed by atoms with Gasteiger partial charge in [0.15, 0.2) is 5.82 Å². The lowest BCUT2D eigenvalue weighted by Gasteiger charge is -2.12. The van der Waals surface area contributed by atoms with E-state index in [1.165, 1.54) is 16.7 Å². The summed E-state index contributed by atoms with van der Waals surface area (Å²) in [4.78, 5) is 0. The second kappa shape index (κ2) is 5.83. The van der Waals surface area contributed by atoms with Crippen LogP contribution in [-0.2, 0) is 6.42 Å². The van der Waals surface area contributed by atoms with Crippen molar-refractivity contribution in [3.8, 4) is 11.3 Å². The van der Waals surface area contributed by atoms with E-state index < -0.39 is 0 Å². The number of aryl methyl sites for hydroxylation is 1. The van der Waals surface area contributed by atoms with E-state index in [2.05, 4.69) is 67.5 Å². The Morgan fingerprint density at radius 1 is 0.947 bits per heavy atom. The molecule has 0 bridgehead atoms. The fourth-order valence-electron chi connectivity index (χ4n) is 2.11. The van der Waals surface area contributed by atoms with E-state index in [-0.39, 0.29) is 0 Å². The number of benzene rings is 1. The molecule has 3 heteroatoms.